The summed E-state index contributed by atoms with van der Waals surface area (Å²) in [5.41, 5.74) is 0.00741. The number of benzene rings is 1. The van der Waals surface area contributed by atoms with E-state index in [0.29, 0.717) is 38.6 Å². The summed E-state index contributed by atoms with van der Waals surface area (Å²) in [5.74, 6) is -6.29. The van der Waals surface area contributed by atoms with Gasteiger partial charge in [-0.25, -0.2) is 9.18 Å². The molecule has 1 aromatic rings. The molecule has 1 aliphatic carbocycles. The van der Waals surface area contributed by atoms with Crippen molar-refractivity contribution in [1.29, 1.82) is 0 Å². The first-order chi connectivity index (χ1) is 32.5. The number of nitrogens with zero attached hydrogens (tertiary/aromatic N) is 4. The van der Waals surface area contributed by atoms with Crippen molar-refractivity contribution in [3.63, 3.8) is 0 Å². The molecular weight excluding hydrogens is 892 g/mol. The summed E-state index contributed by atoms with van der Waals surface area (Å²) in [6.07, 6.45) is 5.29. The van der Waals surface area contributed by atoms with Crippen LogP contribution in [0.4, 0.5) is 4.39 Å². The Morgan fingerprint density at radius 2 is 1.51 bits per heavy atom. The molecule has 18 heteroatoms. The molecule has 3 N–H and O–H groups in total. The summed E-state index contributed by atoms with van der Waals surface area (Å²) in [6, 6.07) is 1.36. The SMILES string of the molecule is CC[C@H](C)[C@@H]([C@@H](CC(=O)N1CC2(CC2)C[C@H]1[C@H](OC)[C@@H](C)C(=O)NC(Cc1ccccc1F)C(=O)O)OC)N(C)C(=O)[C@@H](NC(=O)C(C(C)C)N(C)C(=O)CCCCCN1C(=O)C=CC1=O)C(C)C. The van der Waals surface area contributed by atoms with Crippen LogP contribution in [0.15, 0.2) is 36.4 Å². The molecule has 1 spiro atoms. The fourth-order valence-electron chi connectivity index (χ4n) is 10.1. The highest BCUT2D eigenvalue weighted by Gasteiger charge is 2.56. The maximum Gasteiger partial charge on any atom is 0.326 e. The molecule has 4 rings (SSSR count). The van der Waals surface area contributed by atoms with E-state index in [1.165, 1.54) is 49.5 Å². The highest BCUT2D eigenvalue weighted by molar-refractivity contribution is 6.12. The Morgan fingerprint density at radius 1 is 0.870 bits per heavy atom. The van der Waals surface area contributed by atoms with Gasteiger partial charge >= 0.3 is 5.97 Å². The molecule has 1 aromatic carbocycles. The zero-order valence-corrected chi connectivity index (χ0v) is 42.5. The van der Waals surface area contributed by atoms with E-state index in [2.05, 4.69) is 10.6 Å². The number of unbranched alkanes of at least 4 members (excludes halogenated alkanes) is 2. The second-order valence-electron chi connectivity index (χ2n) is 20.2. The highest BCUT2D eigenvalue weighted by Crippen LogP contribution is 2.56. The maximum absolute atomic E-state index is 14.6. The molecule has 2 heterocycles. The molecule has 0 aromatic heterocycles. The number of nitrogens with one attached hydrogen (secondary N) is 2. The van der Waals surface area contributed by atoms with E-state index >= 15 is 0 Å². The van der Waals surface area contributed by atoms with E-state index in [-0.39, 0.29) is 84.1 Å². The van der Waals surface area contributed by atoms with E-state index in [9.17, 15) is 47.9 Å². The Balaban J connectivity index is 1.46. The van der Waals surface area contributed by atoms with Crippen LogP contribution in [-0.4, -0.2) is 156 Å². The molecule has 17 nitrogen and oxygen atoms in total. The van der Waals surface area contributed by atoms with E-state index in [1.807, 2.05) is 41.5 Å². The number of methoxy groups -OCH3 is 2. The fraction of sp³-hybridized carbons (Fsp3) is 0.686. The predicted octanol–water partition coefficient (Wildman–Crippen LogP) is 4.36. The maximum atomic E-state index is 14.6. The molecule has 1 saturated heterocycles. The number of carbonyl (C=O) groups excluding carboxylic acids is 7. The quantitative estimate of drug-likeness (QED) is 0.0833. The van der Waals surface area contributed by atoms with Gasteiger partial charge in [-0.05, 0) is 66.9 Å². The van der Waals surface area contributed by atoms with Crippen LogP contribution in [0.1, 0.15) is 112 Å². The van der Waals surface area contributed by atoms with Crippen molar-refractivity contribution in [2.24, 2.45) is 29.1 Å². The minimum atomic E-state index is -1.41. The van der Waals surface area contributed by atoms with Crippen molar-refractivity contribution < 1.29 is 57.3 Å². The zero-order valence-electron chi connectivity index (χ0n) is 42.5. The molecule has 384 valence electrons. The first kappa shape index (κ1) is 56.4. The van der Waals surface area contributed by atoms with Crippen LogP contribution < -0.4 is 10.6 Å². The number of amides is 7. The second-order valence-corrected chi connectivity index (χ2v) is 20.2. The second kappa shape index (κ2) is 25.1. The van der Waals surface area contributed by atoms with Crippen LogP contribution in [0.2, 0.25) is 0 Å². The first-order valence-corrected chi connectivity index (χ1v) is 24.5. The standard InChI is InChI=1S/C51H77FN6O11/c1-12-32(6)45(56(9)49(65)43(30(2)3)54-48(64)44(31(4)5)55(8)39(59)20-14-13-17-25-57-40(60)21-22-41(57)61)38(68-10)27-42(62)58-29-51(23-24-51)28-37(58)46(69-11)33(7)47(63)53-36(50(66)67)26-34-18-15-16-19-35(34)52/h15-16,18-19,21-22,30-33,36-38,43-46H,12-14,17,20,23-29H2,1-11H3,(H,53,63)(H,54,64)(H,66,67)/t32-,33+,36?,37-,38+,43-,44?,45-,46+/m0/s1. The molecule has 69 heavy (non-hydrogen) atoms. The first-order valence-electron chi connectivity index (χ1n) is 24.5. The topological polar surface area (TPSA) is 212 Å². The van der Waals surface area contributed by atoms with Gasteiger partial charge in [-0.15, -0.1) is 0 Å². The van der Waals surface area contributed by atoms with Crippen molar-refractivity contribution in [3.8, 4) is 0 Å². The van der Waals surface area contributed by atoms with Gasteiger partial charge in [-0.3, -0.25) is 38.5 Å². The summed E-state index contributed by atoms with van der Waals surface area (Å²) < 4.78 is 26.5. The van der Waals surface area contributed by atoms with Gasteiger partial charge in [0.25, 0.3) is 11.8 Å². The number of carboxylic acids is 1. The van der Waals surface area contributed by atoms with Crippen molar-refractivity contribution >= 4 is 47.3 Å². The lowest BCUT2D eigenvalue weighted by atomic mass is 9.89. The summed E-state index contributed by atoms with van der Waals surface area (Å²) in [6.45, 7) is 13.6. The van der Waals surface area contributed by atoms with Crippen LogP contribution in [-0.2, 0) is 54.3 Å². The van der Waals surface area contributed by atoms with Gasteiger partial charge in [0.2, 0.25) is 29.5 Å². The number of rotatable bonds is 27. The molecule has 2 unspecified atom stereocenters. The molecule has 7 amide bonds. The van der Waals surface area contributed by atoms with Gasteiger partial charge in [-0.2, -0.15) is 0 Å². The molecule has 3 aliphatic rings. The summed E-state index contributed by atoms with van der Waals surface area (Å²) >= 11 is 0. The number of carbonyl (C=O) groups is 8. The summed E-state index contributed by atoms with van der Waals surface area (Å²) in [5, 5.41) is 15.5. The Kier molecular flexibility index (Phi) is 20.5. The molecule has 0 radical (unpaired) electrons. The zero-order chi connectivity index (χ0) is 51.5. The van der Waals surface area contributed by atoms with Crippen molar-refractivity contribution in [1.82, 2.24) is 30.2 Å². The number of halogens is 1. The predicted molar refractivity (Wildman–Crippen MR) is 255 cm³/mol. The Hall–Kier alpha value is -5.23. The Labute approximate surface area is 407 Å². The third kappa shape index (κ3) is 14.2. The van der Waals surface area contributed by atoms with Gasteiger partial charge in [-0.1, -0.05) is 79.5 Å². The monoisotopic (exact) mass is 969 g/mol. The van der Waals surface area contributed by atoms with Gasteiger partial charge < -0.3 is 39.9 Å². The average molecular weight is 969 g/mol. The normalized spacial score (nSPS) is 19.8. The number of hydrogen-bond acceptors (Lipinski definition) is 10. The molecule has 0 bridgehead atoms. The van der Waals surface area contributed by atoms with Crippen LogP contribution in [0.5, 0.6) is 0 Å². The Morgan fingerprint density at radius 3 is 2.04 bits per heavy atom. The summed E-state index contributed by atoms with van der Waals surface area (Å²) in [4.78, 5) is 112. The number of likely N-dealkylation sites (tertiary alicyclic amines) is 1. The lowest BCUT2D eigenvalue weighted by molar-refractivity contribution is -0.149. The number of likely N-dealkylation sites (N-methyl/N-ethyl adjacent to an activating group) is 2. The van der Waals surface area contributed by atoms with Crippen LogP contribution in [0.25, 0.3) is 0 Å². The van der Waals surface area contributed by atoms with Crippen LogP contribution in [0.3, 0.4) is 0 Å². The molecule has 2 fully saturated rings. The number of imide groups is 1. The van der Waals surface area contributed by atoms with E-state index < -0.39 is 71.9 Å². The third-order valence-electron chi connectivity index (χ3n) is 14.6. The van der Waals surface area contributed by atoms with Crippen molar-refractivity contribution in [3.05, 3.63) is 47.8 Å². The molecular formula is C51H77FN6O11. The van der Waals surface area contributed by atoms with Crippen LogP contribution in [0, 0.1) is 34.9 Å². The summed E-state index contributed by atoms with van der Waals surface area (Å²) in [7, 11) is 6.17. The minimum Gasteiger partial charge on any atom is -0.480 e. The number of hydrogen-bond donors (Lipinski definition) is 3. The number of aliphatic carboxylic acids is 1. The van der Waals surface area contributed by atoms with Gasteiger partial charge in [0, 0.05) is 66.4 Å². The smallest absolute Gasteiger partial charge is 0.326 e. The molecule has 1 saturated carbocycles. The Bertz CT molecular complexity index is 2020. The van der Waals surface area contributed by atoms with E-state index in [1.54, 1.807) is 36.9 Å². The van der Waals surface area contributed by atoms with Gasteiger partial charge in [0.05, 0.1) is 36.6 Å². The average Bonchev–Trinajstić information content (AvgIpc) is 3.85. The lowest BCUT2D eigenvalue weighted by Crippen LogP contribution is -2.60. The lowest BCUT2D eigenvalue weighted by Gasteiger charge is -2.41. The minimum absolute atomic E-state index is 0.108. The van der Waals surface area contributed by atoms with E-state index in [4.69, 9.17) is 9.47 Å². The third-order valence-corrected chi connectivity index (χ3v) is 14.6. The molecule has 2 aliphatic heterocycles. The highest BCUT2D eigenvalue weighted by atomic mass is 19.1. The van der Waals surface area contributed by atoms with Crippen molar-refractivity contribution in [2.75, 3.05) is 41.4 Å². The van der Waals surface area contributed by atoms with Crippen LogP contribution >= 0.6 is 0 Å². The van der Waals surface area contributed by atoms with E-state index in [0.717, 1.165) is 17.7 Å². The van der Waals surface area contributed by atoms with Gasteiger partial charge in [0.1, 0.15) is 23.9 Å². The number of carboxylic acid groups (broad SMARTS) is 1. The number of ether oxygens (including phenoxy) is 2. The fourth-order valence-corrected chi connectivity index (χ4v) is 10.1. The van der Waals surface area contributed by atoms with Crippen molar-refractivity contribution in [2.45, 2.75) is 155 Å². The molecule has 9 atom stereocenters. The van der Waals surface area contributed by atoms with Gasteiger partial charge in [0.15, 0.2) is 0 Å². The largest absolute Gasteiger partial charge is 0.480 e.